The van der Waals surface area contributed by atoms with E-state index in [1.165, 1.54) is 0 Å². The van der Waals surface area contributed by atoms with Crippen LogP contribution >= 0.6 is 0 Å². The van der Waals surface area contributed by atoms with Crippen LogP contribution in [0.4, 0.5) is 34.1 Å². The van der Waals surface area contributed by atoms with Gasteiger partial charge in [0.25, 0.3) is 0 Å². The van der Waals surface area contributed by atoms with Crippen LogP contribution in [-0.2, 0) is 0 Å². The molecule has 0 unspecified atom stereocenters. The number of para-hydroxylation sites is 5. The molecule has 0 radical (unpaired) electrons. The summed E-state index contributed by atoms with van der Waals surface area (Å²) in [6.07, 6.45) is 5.98. The highest BCUT2D eigenvalue weighted by Gasteiger charge is 2.28. The molecular formula is C67H46N2O2. The average Bonchev–Trinajstić information content (AvgIpc) is 4.01. The van der Waals surface area contributed by atoms with Gasteiger partial charge in [0.05, 0.1) is 34.1 Å². The molecule has 13 rings (SSSR count). The van der Waals surface area contributed by atoms with Crippen LogP contribution in [-0.4, -0.2) is 0 Å². The second kappa shape index (κ2) is 17.3. The molecule has 0 spiro atoms. The van der Waals surface area contributed by atoms with E-state index in [4.69, 9.17) is 8.83 Å². The minimum absolute atomic E-state index is 0.737. The van der Waals surface area contributed by atoms with Crippen molar-refractivity contribution in [2.45, 2.75) is 6.92 Å². The fraction of sp³-hybridized carbons (Fsp3) is 0.0149. The molecule has 71 heavy (non-hydrogen) atoms. The molecule has 0 bridgehead atoms. The molecule has 0 fully saturated rings. The van der Waals surface area contributed by atoms with Gasteiger partial charge < -0.3 is 18.6 Å². The van der Waals surface area contributed by atoms with E-state index in [1.54, 1.807) is 0 Å². The first-order valence-corrected chi connectivity index (χ1v) is 24.2. The van der Waals surface area contributed by atoms with Crippen LogP contribution in [0, 0.1) is 0 Å². The van der Waals surface area contributed by atoms with Gasteiger partial charge in [0.2, 0.25) is 0 Å². The summed E-state index contributed by atoms with van der Waals surface area (Å²) in [4.78, 5) is 4.84. The molecule has 336 valence electrons. The van der Waals surface area contributed by atoms with Gasteiger partial charge in [-0.3, -0.25) is 0 Å². The van der Waals surface area contributed by atoms with Gasteiger partial charge in [-0.15, -0.1) is 0 Å². The van der Waals surface area contributed by atoms with Crippen molar-refractivity contribution in [3.8, 4) is 22.3 Å². The van der Waals surface area contributed by atoms with Gasteiger partial charge in [-0.05, 0) is 88.1 Å². The van der Waals surface area contributed by atoms with E-state index in [0.29, 0.717) is 0 Å². The number of hydrogen-bond acceptors (Lipinski definition) is 4. The van der Waals surface area contributed by atoms with Gasteiger partial charge >= 0.3 is 0 Å². The summed E-state index contributed by atoms with van der Waals surface area (Å²) in [5.41, 5.74) is 14.0. The second-order valence-electron chi connectivity index (χ2n) is 17.9. The molecule has 2 aromatic heterocycles. The Morgan fingerprint density at radius 2 is 0.775 bits per heavy atom. The first-order chi connectivity index (χ1) is 35.2. The lowest BCUT2D eigenvalue weighted by Crippen LogP contribution is -2.13. The zero-order chi connectivity index (χ0) is 47.4. The number of hydrogen-bond donors (Lipinski definition) is 0. The number of rotatable bonds is 10. The minimum Gasteiger partial charge on any atom is -0.454 e. The van der Waals surface area contributed by atoms with Crippen LogP contribution in [0.5, 0.6) is 0 Å². The molecule has 0 aliphatic heterocycles. The third kappa shape index (κ3) is 6.83. The molecule has 4 heteroatoms. The van der Waals surface area contributed by atoms with E-state index in [1.807, 2.05) is 19.1 Å². The predicted molar refractivity (Wildman–Crippen MR) is 301 cm³/mol. The van der Waals surface area contributed by atoms with Crippen molar-refractivity contribution in [1.82, 2.24) is 0 Å². The Kier molecular flexibility index (Phi) is 10.2. The Morgan fingerprint density at radius 3 is 1.31 bits per heavy atom. The van der Waals surface area contributed by atoms with Gasteiger partial charge in [0.15, 0.2) is 11.2 Å². The molecule has 11 aromatic carbocycles. The third-order valence-corrected chi connectivity index (χ3v) is 13.9. The Balaban J connectivity index is 1.14. The van der Waals surface area contributed by atoms with Gasteiger partial charge in [-0.2, -0.15) is 0 Å². The first-order valence-electron chi connectivity index (χ1n) is 24.2. The fourth-order valence-electron chi connectivity index (χ4n) is 10.8. The lowest BCUT2D eigenvalue weighted by molar-refractivity contribution is 0.604. The zero-order valence-corrected chi connectivity index (χ0v) is 39.1. The van der Waals surface area contributed by atoms with Crippen molar-refractivity contribution in [2.24, 2.45) is 0 Å². The Hall–Kier alpha value is -9.38. The number of anilines is 6. The summed E-state index contributed by atoms with van der Waals surface area (Å²) >= 11 is 0. The molecule has 13 aromatic rings. The topological polar surface area (TPSA) is 32.8 Å². The molecule has 0 N–H and O–H groups in total. The largest absolute Gasteiger partial charge is 0.454 e. The van der Waals surface area contributed by atoms with E-state index in [2.05, 4.69) is 253 Å². The summed E-state index contributed by atoms with van der Waals surface area (Å²) in [5.74, 6) is 0.737. The molecule has 4 nitrogen and oxygen atoms in total. The maximum atomic E-state index is 6.89. The number of fused-ring (bicyclic) bond motifs is 9. The highest BCUT2D eigenvalue weighted by Crippen LogP contribution is 2.52. The molecule has 2 heterocycles. The molecule has 0 aliphatic rings. The van der Waals surface area contributed by atoms with Crippen molar-refractivity contribution in [3.05, 3.63) is 255 Å². The summed E-state index contributed by atoms with van der Waals surface area (Å²) in [5, 5.41) is 9.90. The van der Waals surface area contributed by atoms with Crippen LogP contribution in [0.15, 0.2) is 252 Å². The average molecular weight is 911 g/mol. The molecule has 0 saturated carbocycles. The van der Waals surface area contributed by atoms with Crippen molar-refractivity contribution in [3.63, 3.8) is 0 Å². The molecular weight excluding hydrogens is 865 g/mol. The number of benzene rings is 11. The Labute approximate surface area is 411 Å². The van der Waals surface area contributed by atoms with E-state index in [0.717, 1.165) is 133 Å². The smallest absolute Gasteiger partial charge is 0.159 e. The predicted octanol–water partition coefficient (Wildman–Crippen LogP) is 19.7. The summed E-state index contributed by atoms with van der Waals surface area (Å²) in [6.45, 7) is 6.21. The zero-order valence-electron chi connectivity index (χ0n) is 39.1. The fourth-order valence-corrected chi connectivity index (χ4v) is 10.8. The van der Waals surface area contributed by atoms with Crippen molar-refractivity contribution in [1.29, 1.82) is 0 Å². The lowest BCUT2D eigenvalue weighted by atomic mass is 9.92. The maximum absolute atomic E-state index is 6.89. The van der Waals surface area contributed by atoms with Gasteiger partial charge in [-0.1, -0.05) is 207 Å². The summed E-state index contributed by atoms with van der Waals surface area (Å²) < 4.78 is 13.8. The first kappa shape index (κ1) is 41.8. The normalized spacial score (nSPS) is 11.7. The van der Waals surface area contributed by atoms with E-state index in [-0.39, 0.29) is 0 Å². The highest BCUT2D eigenvalue weighted by atomic mass is 16.3. The van der Waals surface area contributed by atoms with Gasteiger partial charge in [-0.25, -0.2) is 0 Å². The third-order valence-electron chi connectivity index (χ3n) is 13.9. The van der Waals surface area contributed by atoms with Crippen molar-refractivity contribution >= 4 is 112 Å². The van der Waals surface area contributed by atoms with Crippen LogP contribution in [0.1, 0.15) is 18.2 Å². The Morgan fingerprint density at radius 1 is 0.352 bits per heavy atom. The lowest BCUT2D eigenvalue weighted by Gasteiger charge is -2.31. The van der Waals surface area contributed by atoms with Crippen molar-refractivity contribution in [2.75, 3.05) is 9.80 Å². The molecule has 0 amide bonds. The minimum atomic E-state index is 0.737. The molecule has 0 aliphatic carbocycles. The van der Waals surface area contributed by atoms with E-state index < -0.39 is 0 Å². The standard InChI is InChI=1S/C67H46N2O2/c1-3-23-52-54-35-21-39-60(66(54)70-64(52)4-2)68(58-37-18-15-28-46(58)44-24-7-5-8-25-44)62-42-56-49-31-12-14-33-51(49)63(43-57(56)48-30-11-13-32-50(48)62)69(59-38-19-16-29-47(59)45-26-9-6-10-27-45)61-40-22-36-55-53-34-17-20-41-65(53)71-67(55)61/h3-43H,2H2,1H3/b23-3-. The molecule has 0 atom stereocenters. The second-order valence-corrected chi connectivity index (χ2v) is 17.9. The van der Waals surface area contributed by atoms with E-state index >= 15 is 0 Å². The van der Waals surface area contributed by atoms with Crippen LogP contribution in [0.25, 0.3) is 99.6 Å². The van der Waals surface area contributed by atoms with Crippen LogP contribution < -0.4 is 9.80 Å². The van der Waals surface area contributed by atoms with E-state index in [9.17, 15) is 0 Å². The van der Waals surface area contributed by atoms with Gasteiger partial charge in [0, 0.05) is 43.6 Å². The quantitative estimate of drug-likeness (QED) is 0.128. The van der Waals surface area contributed by atoms with Gasteiger partial charge in [0.1, 0.15) is 11.3 Å². The summed E-state index contributed by atoms with van der Waals surface area (Å²) in [7, 11) is 0. The molecule has 0 saturated heterocycles. The SMILES string of the molecule is C=Cc1oc2c(N(c3ccccc3-c3ccccc3)c3cc4c5ccccc5c(N(c5ccccc5-c5ccccc5)c5cccc6c5oc5ccccc56)cc4c4ccccc34)cccc2c1/C=C\C. The number of allylic oxidation sites excluding steroid dienone is 1. The Bertz CT molecular complexity index is 4220. The maximum Gasteiger partial charge on any atom is 0.159 e. The van der Waals surface area contributed by atoms with Crippen LogP contribution in [0.2, 0.25) is 0 Å². The van der Waals surface area contributed by atoms with Crippen LogP contribution in [0.3, 0.4) is 0 Å². The number of furan rings is 2. The highest BCUT2D eigenvalue weighted by molar-refractivity contribution is 6.26. The monoisotopic (exact) mass is 910 g/mol. The van der Waals surface area contributed by atoms with Crippen molar-refractivity contribution < 1.29 is 8.83 Å². The summed E-state index contributed by atoms with van der Waals surface area (Å²) in [6, 6.07) is 82.6. The number of nitrogens with zero attached hydrogens (tertiary/aromatic N) is 2.